The fraction of sp³-hybridized carbons (Fsp3) is 0.286. The average Bonchev–Trinajstić information content (AvgIpc) is 2.86. The Morgan fingerprint density at radius 1 is 1.45 bits per heavy atom. The van der Waals surface area contributed by atoms with E-state index >= 15 is 0 Å². The van der Waals surface area contributed by atoms with E-state index in [2.05, 4.69) is 10.3 Å². The van der Waals surface area contributed by atoms with E-state index in [0.29, 0.717) is 5.69 Å². The molecule has 0 aliphatic rings. The fourth-order valence-corrected chi connectivity index (χ4v) is 2.45. The second-order valence-corrected chi connectivity index (χ2v) is 5.54. The average molecular weight is 343 g/mol. The van der Waals surface area contributed by atoms with Crippen molar-refractivity contribution < 1.29 is 9.53 Å². The smallest absolute Gasteiger partial charge is 0.243 e. The second kappa shape index (κ2) is 8.79. The number of hydrogen-bond donors (Lipinski definition) is 2. The number of halogens is 1. The molecule has 0 aliphatic heterocycles. The zero-order chi connectivity index (χ0) is 15.2. The van der Waals surface area contributed by atoms with Crippen molar-refractivity contribution in [1.82, 2.24) is 9.55 Å². The number of aryl methyl sites for hydroxylation is 1. The molecular weight excluding hydrogens is 324 g/mol. The number of ether oxygens (including phenoxy) is 1. The van der Waals surface area contributed by atoms with Crippen molar-refractivity contribution in [2.45, 2.75) is 16.1 Å². The summed E-state index contributed by atoms with van der Waals surface area (Å²) >= 11 is 1.56. The molecule has 6 nitrogen and oxygen atoms in total. The standard InChI is InChI=1S/C14H18N4O2S.ClH/c1-18-8-7-16-14(18)21-11-5-3-10(4-6-11)17-13(19)12(15)9-20-2;/h3-8,12H,9,15H2,1-2H3,(H,17,19);1H. The van der Waals surface area contributed by atoms with Gasteiger partial charge in [0, 0.05) is 37.1 Å². The summed E-state index contributed by atoms with van der Waals surface area (Å²) < 4.78 is 6.80. The van der Waals surface area contributed by atoms with Gasteiger partial charge in [-0.3, -0.25) is 4.79 Å². The van der Waals surface area contributed by atoms with Gasteiger partial charge in [0.05, 0.1) is 6.61 Å². The van der Waals surface area contributed by atoms with Crippen LogP contribution in [0.3, 0.4) is 0 Å². The third-order valence-electron chi connectivity index (χ3n) is 2.79. The van der Waals surface area contributed by atoms with Crippen molar-refractivity contribution in [2.24, 2.45) is 12.8 Å². The summed E-state index contributed by atoms with van der Waals surface area (Å²) in [5.74, 6) is -0.263. The summed E-state index contributed by atoms with van der Waals surface area (Å²) in [5.41, 5.74) is 6.36. The lowest BCUT2D eigenvalue weighted by atomic mass is 10.2. The number of nitrogens with two attached hydrogens (primary N) is 1. The van der Waals surface area contributed by atoms with Crippen LogP contribution in [0.2, 0.25) is 0 Å². The molecule has 22 heavy (non-hydrogen) atoms. The number of rotatable bonds is 6. The molecule has 1 aromatic carbocycles. The van der Waals surface area contributed by atoms with E-state index in [0.717, 1.165) is 10.1 Å². The maximum atomic E-state index is 11.8. The third-order valence-corrected chi connectivity index (χ3v) is 3.87. The molecule has 0 radical (unpaired) electrons. The first-order valence-corrected chi connectivity index (χ1v) is 7.22. The van der Waals surface area contributed by atoms with E-state index in [-0.39, 0.29) is 24.9 Å². The van der Waals surface area contributed by atoms with Crippen LogP contribution in [0.15, 0.2) is 46.7 Å². The van der Waals surface area contributed by atoms with Gasteiger partial charge in [0.25, 0.3) is 0 Å². The topological polar surface area (TPSA) is 82.2 Å². The maximum Gasteiger partial charge on any atom is 0.243 e. The molecule has 3 N–H and O–H groups in total. The molecule has 0 aliphatic carbocycles. The minimum Gasteiger partial charge on any atom is -0.383 e. The quantitative estimate of drug-likeness (QED) is 0.838. The summed E-state index contributed by atoms with van der Waals surface area (Å²) in [7, 11) is 3.46. The van der Waals surface area contributed by atoms with E-state index in [4.69, 9.17) is 10.5 Å². The van der Waals surface area contributed by atoms with Crippen LogP contribution in [0, 0.1) is 0 Å². The lowest BCUT2D eigenvalue weighted by Crippen LogP contribution is -2.39. The van der Waals surface area contributed by atoms with Crippen LogP contribution in [-0.4, -0.2) is 35.2 Å². The Bertz CT molecular complexity index is 603. The molecule has 1 heterocycles. The van der Waals surface area contributed by atoms with Crippen molar-refractivity contribution in [2.75, 3.05) is 19.0 Å². The van der Waals surface area contributed by atoms with E-state index in [1.165, 1.54) is 7.11 Å². The molecule has 2 aromatic rings. The van der Waals surface area contributed by atoms with Crippen molar-refractivity contribution in [1.29, 1.82) is 0 Å². The van der Waals surface area contributed by atoms with E-state index in [1.54, 1.807) is 18.0 Å². The van der Waals surface area contributed by atoms with Gasteiger partial charge in [0.15, 0.2) is 5.16 Å². The van der Waals surface area contributed by atoms with E-state index < -0.39 is 6.04 Å². The van der Waals surface area contributed by atoms with Gasteiger partial charge in [-0.15, -0.1) is 12.4 Å². The fourth-order valence-electron chi connectivity index (χ4n) is 1.65. The van der Waals surface area contributed by atoms with Crippen LogP contribution in [0.4, 0.5) is 5.69 Å². The van der Waals surface area contributed by atoms with Crippen LogP contribution < -0.4 is 11.1 Å². The zero-order valence-electron chi connectivity index (χ0n) is 12.4. The molecule has 2 rings (SSSR count). The van der Waals surface area contributed by atoms with Gasteiger partial charge in [0.2, 0.25) is 5.91 Å². The van der Waals surface area contributed by atoms with Crippen LogP contribution >= 0.6 is 24.2 Å². The van der Waals surface area contributed by atoms with Gasteiger partial charge in [-0.2, -0.15) is 0 Å². The molecule has 0 fully saturated rings. The number of benzene rings is 1. The molecule has 8 heteroatoms. The first kappa shape index (κ1) is 18.5. The molecule has 120 valence electrons. The van der Waals surface area contributed by atoms with Gasteiger partial charge >= 0.3 is 0 Å². The number of aromatic nitrogens is 2. The molecule has 0 bridgehead atoms. The van der Waals surface area contributed by atoms with Crippen molar-refractivity contribution in [3.05, 3.63) is 36.7 Å². The first-order chi connectivity index (χ1) is 10.1. The molecule has 1 atom stereocenters. The minimum absolute atomic E-state index is 0. The van der Waals surface area contributed by atoms with Crippen LogP contribution in [0.25, 0.3) is 0 Å². The number of amides is 1. The SMILES string of the molecule is COCC(N)C(=O)Nc1ccc(Sc2nccn2C)cc1.Cl. The number of hydrogen-bond acceptors (Lipinski definition) is 5. The van der Waals surface area contributed by atoms with Crippen LogP contribution in [0.5, 0.6) is 0 Å². The highest BCUT2D eigenvalue weighted by Gasteiger charge is 2.13. The number of anilines is 1. The van der Waals surface area contributed by atoms with Crippen molar-refractivity contribution in [3.63, 3.8) is 0 Å². The van der Waals surface area contributed by atoms with Crippen molar-refractivity contribution >= 4 is 35.8 Å². The Kier molecular flexibility index (Phi) is 7.40. The lowest BCUT2D eigenvalue weighted by Gasteiger charge is -2.11. The molecule has 0 saturated carbocycles. The zero-order valence-corrected chi connectivity index (χ0v) is 14.0. The van der Waals surface area contributed by atoms with Gasteiger partial charge < -0.3 is 20.4 Å². The highest BCUT2D eigenvalue weighted by Crippen LogP contribution is 2.26. The maximum absolute atomic E-state index is 11.8. The monoisotopic (exact) mass is 342 g/mol. The predicted molar refractivity (Wildman–Crippen MR) is 89.5 cm³/mol. The van der Waals surface area contributed by atoms with Crippen LogP contribution in [0.1, 0.15) is 0 Å². The molecular formula is C14H19ClN4O2S. The number of imidazole rings is 1. The Morgan fingerprint density at radius 2 is 2.14 bits per heavy atom. The Labute approximate surface area is 139 Å². The largest absolute Gasteiger partial charge is 0.383 e. The summed E-state index contributed by atoms with van der Waals surface area (Å²) in [4.78, 5) is 17.0. The van der Waals surface area contributed by atoms with E-state index in [9.17, 15) is 4.79 Å². The van der Waals surface area contributed by atoms with Gasteiger partial charge in [-0.1, -0.05) is 11.8 Å². The number of nitrogens with zero attached hydrogens (tertiary/aromatic N) is 2. The number of methoxy groups -OCH3 is 1. The first-order valence-electron chi connectivity index (χ1n) is 6.41. The lowest BCUT2D eigenvalue weighted by molar-refractivity contribution is -0.118. The molecule has 1 amide bonds. The normalized spacial score (nSPS) is 11.6. The highest BCUT2D eigenvalue weighted by molar-refractivity contribution is 7.99. The number of carbonyl (C=O) groups is 1. The van der Waals surface area contributed by atoms with Crippen molar-refractivity contribution in [3.8, 4) is 0 Å². The summed E-state index contributed by atoms with van der Waals surface area (Å²) in [5, 5.41) is 3.66. The third kappa shape index (κ3) is 5.03. The number of carbonyl (C=O) groups excluding carboxylic acids is 1. The Balaban J connectivity index is 0.00000242. The Hall–Kier alpha value is -1.54. The summed E-state index contributed by atoms with van der Waals surface area (Å²) in [6, 6.07) is 6.86. The highest BCUT2D eigenvalue weighted by atomic mass is 35.5. The molecule has 0 saturated heterocycles. The second-order valence-electron chi connectivity index (χ2n) is 4.50. The van der Waals surface area contributed by atoms with Gasteiger partial charge in [-0.25, -0.2) is 4.98 Å². The number of nitrogens with one attached hydrogen (secondary N) is 1. The molecule has 1 unspecified atom stereocenters. The van der Waals surface area contributed by atoms with Crippen LogP contribution in [-0.2, 0) is 16.6 Å². The van der Waals surface area contributed by atoms with E-state index in [1.807, 2.05) is 42.1 Å². The predicted octanol–water partition coefficient (Wildman–Crippen LogP) is 1.91. The summed E-state index contributed by atoms with van der Waals surface area (Å²) in [6.07, 6.45) is 3.65. The minimum atomic E-state index is -0.670. The molecule has 1 aromatic heterocycles. The Morgan fingerprint density at radius 3 is 2.68 bits per heavy atom. The molecule has 0 spiro atoms. The summed E-state index contributed by atoms with van der Waals surface area (Å²) in [6.45, 7) is 0.193. The van der Waals surface area contributed by atoms with Gasteiger partial charge in [0.1, 0.15) is 6.04 Å². The van der Waals surface area contributed by atoms with Gasteiger partial charge in [-0.05, 0) is 24.3 Å².